The van der Waals surface area contributed by atoms with Gasteiger partial charge in [-0.25, -0.2) is 0 Å². The average molecular weight is 220 g/mol. The molecule has 0 saturated carbocycles. The van der Waals surface area contributed by atoms with E-state index in [4.69, 9.17) is 0 Å². The fraction of sp³-hybridized carbons (Fsp3) is 0.111. The highest BCUT2D eigenvalue weighted by molar-refractivity contribution is 7.13. The lowest BCUT2D eigenvalue weighted by atomic mass is 10.2. The summed E-state index contributed by atoms with van der Waals surface area (Å²) in [5.41, 5.74) is 2.30. The highest BCUT2D eigenvalue weighted by atomic mass is 32.1. The molecule has 0 aromatic carbocycles. The van der Waals surface area contributed by atoms with Crippen LogP contribution in [0.1, 0.15) is 5.69 Å². The molecule has 0 fully saturated rings. The van der Waals surface area contributed by atoms with Gasteiger partial charge in [0.1, 0.15) is 5.51 Å². The summed E-state index contributed by atoms with van der Waals surface area (Å²) >= 11 is 1.29. The molecule has 5 nitrogen and oxygen atoms in total. The van der Waals surface area contributed by atoms with Crippen LogP contribution in [-0.2, 0) is 11.2 Å². The maximum Gasteiger partial charge on any atom is 0.232 e. The number of rotatable bonds is 3. The zero-order valence-electron chi connectivity index (χ0n) is 7.75. The molecule has 0 bridgehead atoms. The van der Waals surface area contributed by atoms with Crippen molar-refractivity contribution < 1.29 is 4.79 Å². The van der Waals surface area contributed by atoms with Crippen LogP contribution in [0.25, 0.3) is 0 Å². The Balaban J connectivity index is 1.94. The van der Waals surface area contributed by atoms with E-state index >= 15 is 0 Å². The number of hydrogen-bond acceptors (Lipinski definition) is 5. The van der Waals surface area contributed by atoms with Gasteiger partial charge in [0.05, 0.1) is 6.42 Å². The maximum atomic E-state index is 11.5. The smallest absolute Gasteiger partial charge is 0.232 e. The molecule has 0 aliphatic rings. The molecule has 0 aliphatic carbocycles. The molecule has 2 heterocycles. The van der Waals surface area contributed by atoms with Crippen molar-refractivity contribution in [2.24, 2.45) is 0 Å². The number of pyridine rings is 1. The topological polar surface area (TPSA) is 67.8 Å². The minimum Gasteiger partial charge on any atom is -0.300 e. The minimum absolute atomic E-state index is 0.134. The molecule has 0 aliphatic heterocycles. The number of carbonyl (C=O) groups excluding carboxylic acids is 1. The minimum atomic E-state index is -0.134. The number of hydrogen-bond donors (Lipinski definition) is 1. The van der Waals surface area contributed by atoms with Crippen LogP contribution in [0.4, 0.5) is 5.13 Å². The molecule has 76 valence electrons. The molecule has 0 saturated heterocycles. The maximum absolute atomic E-state index is 11.5. The summed E-state index contributed by atoms with van der Waals surface area (Å²) in [7, 11) is 0. The van der Waals surface area contributed by atoms with Crippen molar-refractivity contribution in [2.45, 2.75) is 6.42 Å². The van der Waals surface area contributed by atoms with Gasteiger partial charge >= 0.3 is 0 Å². The molecule has 2 aromatic rings. The van der Waals surface area contributed by atoms with E-state index < -0.39 is 0 Å². The molecule has 0 spiro atoms. The van der Waals surface area contributed by atoms with E-state index in [2.05, 4.69) is 20.5 Å². The summed E-state index contributed by atoms with van der Waals surface area (Å²) in [4.78, 5) is 15.5. The fourth-order valence-electron chi connectivity index (χ4n) is 1.06. The predicted molar refractivity (Wildman–Crippen MR) is 56.5 cm³/mol. The van der Waals surface area contributed by atoms with Gasteiger partial charge in [-0.3, -0.25) is 9.78 Å². The third kappa shape index (κ3) is 2.81. The van der Waals surface area contributed by atoms with Crippen molar-refractivity contribution in [1.82, 2.24) is 15.2 Å². The lowest BCUT2D eigenvalue weighted by molar-refractivity contribution is -0.115. The largest absolute Gasteiger partial charge is 0.300 e. The summed E-state index contributed by atoms with van der Waals surface area (Å²) < 4.78 is 0. The lowest BCUT2D eigenvalue weighted by Crippen LogP contribution is -2.14. The second-order valence-corrected chi connectivity index (χ2v) is 3.62. The van der Waals surface area contributed by atoms with Crippen molar-refractivity contribution in [1.29, 1.82) is 0 Å². The van der Waals surface area contributed by atoms with Crippen LogP contribution in [0.15, 0.2) is 29.9 Å². The van der Waals surface area contributed by atoms with Crippen LogP contribution in [0.5, 0.6) is 0 Å². The van der Waals surface area contributed by atoms with E-state index in [1.165, 1.54) is 11.3 Å². The second-order valence-electron chi connectivity index (χ2n) is 2.79. The van der Waals surface area contributed by atoms with Gasteiger partial charge in [0.2, 0.25) is 11.0 Å². The standard InChI is InChI=1S/C9H8N4OS/c14-8(12-9-13-11-6-15-9)5-7-3-1-2-4-10-7/h1-4,6H,5H2,(H,12,13,14). The molecule has 0 unspecified atom stereocenters. The summed E-state index contributed by atoms with van der Waals surface area (Å²) in [5.74, 6) is -0.134. The third-order valence-corrected chi connectivity index (χ3v) is 2.28. The highest BCUT2D eigenvalue weighted by Crippen LogP contribution is 2.08. The fourth-order valence-corrected chi connectivity index (χ4v) is 1.52. The van der Waals surface area contributed by atoms with Gasteiger partial charge < -0.3 is 5.32 Å². The number of nitrogens with zero attached hydrogens (tertiary/aromatic N) is 3. The van der Waals surface area contributed by atoms with E-state index in [0.29, 0.717) is 5.13 Å². The van der Waals surface area contributed by atoms with Gasteiger partial charge in [-0.2, -0.15) is 0 Å². The zero-order chi connectivity index (χ0) is 10.5. The SMILES string of the molecule is O=C(Cc1ccccn1)Nc1nncs1. The van der Waals surface area contributed by atoms with Crippen LogP contribution in [0.2, 0.25) is 0 Å². The Bertz CT molecular complexity index is 429. The van der Waals surface area contributed by atoms with Gasteiger partial charge in [0.25, 0.3) is 0 Å². The third-order valence-electron chi connectivity index (χ3n) is 1.67. The van der Waals surface area contributed by atoms with E-state index in [1.807, 2.05) is 12.1 Å². The first-order valence-electron chi connectivity index (χ1n) is 4.30. The number of anilines is 1. The van der Waals surface area contributed by atoms with Crippen molar-refractivity contribution >= 4 is 22.4 Å². The summed E-state index contributed by atoms with van der Waals surface area (Å²) in [5, 5.41) is 10.5. The van der Waals surface area contributed by atoms with E-state index in [1.54, 1.807) is 17.8 Å². The second kappa shape index (κ2) is 4.61. The summed E-state index contributed by atoms with van der Waals surface area (Å²) in [6, 6.07) is 5.46. The molecule has 2 rings (SSSR count). The molecule has 15 heavy (non-hydrogen) atoms. The molecular formula is C9H8N4OS. The van der Waals surface area contributed by atoms with Gasteiger partial charge in [0, 0.05) is 11.9 Å². The van der Waals surface area contributed by atoms with Gasteiger partial charge in [0.15, 0.2) is 0 Å². The number of aromatic nitrogens is 3. The van der Waals surface area contributed by atoms with Crippen molar-refractivity contribution in [2.75, 3.05) is 5.32 Å². The van der Waals surface area contributed by atoms with E-state index in [-0.39, 0.29) is 12.3 Å². The van der Waals surface area contributed by atoms with E-state index in [9.17, 15) is 4.79 Å². The predicted octanol–water partition coefficient (Wildman–Crippen LogP) is 1.11. The Morgan fingerprint density at radius 3 is 3.07 bits per heavy atom. The normalized spacial score (nSPS) is 9.87. The number of carbonyl (C=O) groups is 1. The molecule has 1 N–H and O–H groups in total. The highest BCUT2D eigenvalue weighted by Gasteiger charge is 2.05. The van der Waals surface area contributed by atoms with Crippen LogP contribution in [0, 0.1) is 0 Å². The van der Waals surface area contributed by atoms with Crippen LogP contribution < -0.4 is 5.32 Å². The monoisotopic (exact) mass is 220 g/mol. The Labute approximate surface area is 90.2 Å². The van der Waals surface area contributed by atoms with E-state index in [0.717, 1.165) is 5.69 Å². The zero-order valence-corrected chi connectivity index (χ0v) is 8.57. The Morgan fingerprint density at radius 1 is 1.47 bits per heavy atom. The Morgan fingerprint density at radius 2 is 2.40 bits per heavy atom. The van der Waals surface area contributed by atoms with Crippen LogP contribution in [0.3, 0.4) is 0 Å². The first-order chi connectivity index (χ1) is 7.34. The molecule has 6 heteroatoms. The molecule has 2 aromatic heterocycles. The van der Waals surface area contributed by atoms with Crippen LogP contribution >= 0.6 is 11.3 Å². The first-order valence-corrected chi connectivity index (χ1v) is 5.18. The van der Waals surface area contributed by atoms with Crippen LogP contribution in [-0.4, -0.2) is 21.1 Å². The van der Waals surface area contributed by atoms with Gasteiger partial charge in [-0.1, -0.05) is 17.4 Å². The first kappa shape index (κ1) is 9.72. The summed E-state index contributed by atoms with van der Waals surface area (Å²) in [6.45, 7) is 0. The quantitative estimate of drug-likeness (QED) is 0.841. The van der Waals surface area contributed by atoms with Crippen molar-refractivity contribution in [3.05, 3.63) is 35.6 Å². The molecule has 0 radical (unpaired) electrons. The van der Waals surface area contributed by atoms with Gasteiger partial charge in [-0.05, 0) is 12.1 Å². The van der Waals surface area contributed by atoms with Crippen molar-refractivity contribution in [3.8, 4) is 0 Å². The number of amides is 1. The molecular weight excluding hydrogens is 212 g/mol. The van der Waals surface area contributed by atoms with Gasteiger partial charge in [-0.15, -0.1) is 10.2 Å². The lowest BCUT2D eigenvalue weighted by Gasteiger charge is -1.99. The summed E-state index contributed by atoms with van der Waals surface area (Å²) in [6.07, 6.45) is 1.91. The molecule has 0 atom stereocenters. The number of nitrogens with one attached hydrogen (secondary N) is 1. The average Bonchev–Trinajstić information content (AvgIpc) is 2.71. The Kier molecular flexibility index (Phi) is 2.99. The Hall–Kier alpha value is -1.82. The van der Waals surface area contributed by atoms with Crippen molar-refractivity contribution in [3.63, 3.8) is 0 Å². The molecule has 1 amide bonds.